The molecule has 194 valence electrons. The van der Waals surface area contributed by atoms with Gasteiger partial charge in [0.1, 0.15) is 24.0 Å². The Morgan fingerprint density at radius 1 is 1.33 bits per heavy atom. The number of ether oxygens (including phenoxy) is 1. The number of aliphatic hydroxyl groups is 1. The number of nitrogens with zero attached hydrogens (tertiary/aromatic N) is 2. The molecule has 36 heavy (non-hydrogen) atoms. The number of terminal acetylenes is 1. The third-order valence-electron chi connectivity index (χ3n) is 5.63. The average molecular weight is 521 g/mol. The molecule has 0 aliphatic carbocycles. The molecule has 0 amide bonds. The molecular formula is C23H28N3O9P. The summed E-state index contributed by atoms with van der Waals surface area (Å²) in [6.45, 7) is 2.72. The van der Waals surface area contributed by atoms with Gasteiger partial charge in [-0.2, -0.15) is 4.67 Å². The van der Waals surface area contributed by atoms with Crippen molar-refractivity contribution in [3.05, 3.63) is 63.4 Å². The van der Waals surface area contributed by atoms with Gasteiger partial charge in [0.2, 0.25) is 0 Å². The largest absolute Gasteiger partial charge is 0.480 e. The third kappa shape index (κ3) is 5.95. The topological polar surface area (TPSA) is 160 Å². The Labute approximate surface area is 207 Å². The lowest BCUT2D eigenvalue weighted by Crippen LogP contribution is -2.40. The van der Waals surface area contributed by atoms with Crippen molar-refractivity contribution >= 4 is 13.7 Å². The predicted molar refractivity (Wildman–Crippen MR) is 128 cm³/mol. The van der Waals surface area contributed by atoms with E-state index in [1.165, 1.54) is 13.1 Å². The summed E-state index contributed by atoms with van der Waals surface area (Å²) in [7, 11) is -4.30. The van der Waals surface area contributed by atoms with Gasteiger partial charge in [0.15, 0.2) is 6.23 Å². The van der Waals surface area contributed by atoms with Crippen molar-refractivity contribution in [3.63, 3.8) is 0 Å². The van der Waals surface area contributed by atoms with Gasteiger partial charge in [0.25, 0.3) is 5.56 Å². The number of carbonyl (C=O) groups is 1. The van der Waals surface area contributed by atoms with Crippen LogP contribution in [0.25, 0.3) is 0 Å². The fourth-order valence-corrected chi connectivity index (χ4v) is 5.75. The highest BCUT2D eigenvalue weighted by atomic mass is 31.2. The van der Waals surface area contributed by atoms with Gasteiger partial charge in [-0.15, -0.1) is 6.42 Å². The zero-order chi connectivity index (χ0) is 26.5. The van der Waals surface area contributed by atoms with Crippen LogP contribution in [0.3, 0.4) is 0 Å². The predicted octanol–water partition coefficient (Wildman–Crippen LogP) is 1.43. The van der Waals surface area contributed by atoms with Crippen molar-refractivity contribution in [1.82, 2.24) is 14.2 Å². The number of rotatable bonds is 11. The van der Waals surface area contributed by atoms with Crippen LogP contribution in [-0.2, 0) is 18.6 Å². The molecule has 3 N–H and O–H groups in total. The smallest absolute Gasteiger partial charge is 0.462 e. The quantitative estimate of drug-likeness (QED) is 0.292. The maximum absolute atomic E-state index is 14.0. The van der Waals surface area contributed by atoms with E-state index in [1.54, 1.807) is 37.3 Å². The number of carboxylic acids is 1. The second-order valence-corrected chi connectivity index (χ2v) is 10.0. The van der Waals surface area contributed by atoms with Crippen LogP contribution in [0.5, 0.6) is 5.75 Å². The second-order valence-electron chi connectivity index (χ2n) is 8.11. The van der Waals surface area contributed by atoms with Gasteiger partial charge in [-0.3, -0.25) is 23.7 Å². The summed E-state index contributed by atoms with van der Waals surface area (Å²) in [5.41, 5.74) is -1.40. The zero-order valence-corrected chi connectivity index (χ0v) is 20.6. The number of aromatic nitrogens is 2. The molecule has 1 saturated heterocycles. The Hall–Kier alpha value is -3.20. The maximum Gasteiger partial charge on any atom is 0.462 e. The summed E-state index contributed by atoms with van der Waals surface area (Å²) >= 11 is 0. The molecule has 2 heterocycles. The number of carboxylic acid groups (broad SMARTS) is 1. The number of para-hydroxylation sites is 1. The lowest BCUT2D eigenvalue weighted by Gasteiger charge is -2.33. The number of hydrogen-bond acceptors (Lipinski definition) is 8. The number of aromatic amines is 1. The minimum Gasteiger partial charge on any atom is -0.480 e. The first kappa shape index (κ1) is 27.4. The number of benzene rings is 1. The molecule has 2 aromatic rings. The molecule has 1 aliphatic heterocycles. The summed E-state index contributed by atoms with van der Waals surface area (Å²) in [5.74, 6) is 0.334. The molecule has 0 saturated carbocycles. The molecule has 1 fully saturated rings. The first-order valence-corrected chi connectivity index (χ1v) is 12.7. The summed E-state index contributed by atoms with van der Waals surface area (Å²) in [6.07, 6.45) is 3.59. The third-order valence-corrected chi connectivity index (χ3v) is 7.72. The van der Waals surface area contributed by atoms with E-state index in [0.29, 0.717) is 6.42 Å². The summed E-state index contributed by atoms with van der Waals surface area (Å²) in [4.78, 5) is 37.5. The molecule has 0 bridgehead atoms. The van der Waals surface area contributed by atoms with Gasteiger partial charge in [-0.05, 0) is 25.5 Å². The Bertz CT molecular complexity index is 1260. The number of aliphatic hydroxyl groups excluding tert-OH is 1. The molecule has 0 unspecified atom stereocenters. The monoisotopic (exact) mass is 521 g/mol. The molecule has 12 nitrogen and oxygen atoms in total. The van der Waals surface area contributed by atoms with E-state index in [4.69, 9.17) is 20.2 Å². The van der Waals surface area contributed by atoms with E-state index in [1.807, 2.05) is 0 Å². The van der Waals surface area contributed by atoms with Gasteiger partial charge < -0.3 is 19.5 Å². The highest BCUT2D eigenvalue weighted by Gasteiger charge is 2.47. The molecule has 1 aromatic carbocycles. The zero-order valence-electron chi connectivity index (χ0n) is 19.7. The van der Waals surface area contributed by atoms with E-state index in [9.17, 15) is 29.2 Å². The molecule has 0 spiro atoms. The van der Waals surface area contributed by atoms with Gasteiger partial charge in [-0.1, -0.05) is 31.0 Å². The van der Waals surface area contributed by atoms with Crippen LogP contribution in [0.1, 0.15) is 26.5 Å². The standard InChI is InChI=1S/C23H28N3O9P/c1-4-12-26(15(3)22(29)30)36(32,35-16-9-7-6-8-10-16)33-14-18-20(28)17(5-2)21(34-18)25-13-11-19(27)24-23(25)31/h2,6-11,13,15,17-18,20-21,28H,4,12,14H2,1,3H3,(H,29,30)(H,24,27,31)/t15-,17+,18+,20-,21+,36+/m0/s1. The van der Waals surface area contributed by atoms with Crippen molar-refractivity contribution in [2.24, 2.45) is 5.92 Å². The average Bonchev–Trinajstić information content (AvgIpc) is 3.16. The lowest BCUT2D eigenvalue weighted by molar-refractivity contribution is -0.141. The highest BCUT2D eigenvalue weighted by Crippen LogP contribution is 2.54. The fourth-order valence-electron chi connectivity index (χ4n) is 3.75. The van der Waals surface area contributed by atoms with Crippen molar-refractivity contribution in [1.29, 1.82) is 0 Å². The van der Waals surface area contributed by atoms with Crippen molar-refractivity contribution in [2.45, 2.75) is 44.7 Å². The van der Waals surface area contributed by atoms with Gasteiger partial charge in [-0.25, -0.2) is 9.36 Å². The first-order chi connectivity index (χ1) is 17.1. The SMILES string of the molecule is C#C[C@@H]1[C@H](O)[C@@H](CO[P@@](=O)(Oc2ccccc2)N(CCC)[C@@H](C)C(=O)O)O[C@H]1n1ccc(=O)[nH]c1=O. The molecule has 13 heteroatoms. The number of nitrogens with one attached hydrogen (secondary N) is 1. The number of hydrogen-bond donors (Lipinski definition) is 3. The molecule has 3 rings (SSSR count). The normalized spacial score (nSPS) is 24.1. The van der Waals surface area contributed by atoms with Gasteiger partial charge >= 0.3 is 19.4 Å². The summed E-state index contributed by atoms with van der Waals surface area (Å²) < 4.78 is 33.4. The van der Waals surface area contributed by atoms with Crippen molar-refractivity contribution in [3.8, 4) is 18.1 Å². The van der Waals surface area contributed by atoms with Crippen LogP contribution in [-0.4, -0.2) is 61.8 Å². The minimum absolute atomic E-state index is 0.0774. The van der Waals surface area contributed by atoms with E-state index >= 15 is 0 Å². The molecule has 1 aromatic heterocycles. The van der Waals surface area contributed by atoms with Crippen molar-refractivity contribution < 1.29 is 33.4 Å². The molecule has 6 atom stereocenters. The van der Waals surface area contributed by atoms with Crippen LogP contribution in [0, 0.1) is 18.3 Å². The molecule has 1 aliphatic rings. The minimum atomic E-state index is -4.30. The highest BCUT2D eigenvalue weighted by molar-refractivity contribution is 7.51. The summed E-state index contributed by atoms with van der Waals surface area (Å²) in [5, 5.41) is 20.4. The van der Waals surface area contributed by atoms with Crippen LogP contribution in [0.15, 0.2) is 52.2 Å². The van der Waals surface area contributed by atoms with E-state index in [2.05, 4.69) is 10.9 Å². The first-order valence-electron chi connectivity index (χ1n) is 11.2. The molecule has 0 radical (unpaired) electrons. The summed E-state index contributed by atoms with van der Waals surface area (Å²) in [6, 6.07) is 7.99. The van der Waals surface area contributed by atoms with E-state index in [-0.39, 0.29) is 12.3 Å². The van der Waals surface area contributed by atoms with Crippen LogP contribution in [0.2, 0.25) is 0 Å². The Kier molecular flexibility index (Phi) is 8.89. The Morgan fingerprint density at radius 2 is 2.03 bits per heavy atom. The van der Waals surface area contributed by atoms with Crippen LogP contribution in [0.4, 0.5) is 0 Å². The van der Waals surface area contributed by atoms with Crippen LogP contribution >= 0.6 is 7.75 Å². The van der Waals surface area contributed by atoms with E-state index < -0.39 is 62.0 Å². The van der Waals surface area contributed by atoms with Gasteiger partial charge in [0.05, 0.1) is 12.5 Å². The molecular weight excluding hydrogens is 493 g/mol. The van der Waals surface area contributed by atoms with Crippen LogP contribution < -0.4 is 15.8 Å². The maximum atomic E-state index is 14.0. The lowest BCUT2D eigenvalue weighted by atomic mass is 10.0. The Morgan fingerprint density at radius 3 is 2.61 bits per heavy atom. The fraction of sp³-hybridized carbons (Fsp3) is 0.435. The van der Waals surface area contributed by atoms with Crippen molar-refractivity contribution in [2.75, 3.05) is 13.2 Å². The number of aliphatic carboxylic acids is 1. The Balaban J connectivity index is 1.89. The second kappa shape index (κ2) is 11.7. The van der Waals surface area contributed by atoms with E-state index in [0.717, 1.165) is 15.3 Å². The van der Waals surface area contributed by atoms with Gasteiger partial charge in [0, 0.05) is 18.8 Å². The number of H-pyrrole nitrogens is 1.